The molecular formula is C5H7F3N2. The molecule has 0 aromatic rings. The lowest BCUT2D eigenvalue weighted by Gasteiger charge is -2.08. The maximum absolute atomic E-state index is 11.4. The van der Waals surface area contributed by atoms with Crippen LogP contribution in [0.1, 0.15) is 6.92 Å². The highest BCUT2D eigenvalue weighted by atomic mass is 19.4. The van der Waals surface area contributed by atoms with Crippen molar-refractivity contribution in [2.24, 2.45) is 0 Å². The largest absolute Gasteiger partial charge is 0.401 e. The third-order valence-corrected chi connectivity index (χ3v) is 0.802. The smallest absolute Gasteiger partial charge is 0.294 e. The first kappa shape index (κ1) is 9.24. The van der Waals surface area contributed by atoms with Crippen molar-refractivity contribution in [1.82, 2.24) is 5.32 Å². The molecule has 1 N–H and O–H groups in total. The van der Waals surface area contributed by atoms with Gasteiger partial charge in [0.1, 0.15) is 0 Å². The molecule has 0 fully saturated rings. The Morgan fingerprint density at radius 2 is 2.10 bits per heavy atom. The van der Waals surface area contributed by atoms with Crippen LogP contribution in [-0.2, 0) is 0 Å². The quantitative estimate of drug-likeness (QED) is 0.641. The van der Waals surface area contributed by atoms with Crippen LogP contribution in [-0.4, -0.2) is 18.8 Å². The first-order valence-corrected chi connectivity index (χ1v) is 2.65. The fourth-order valence-corrected chi connectivity index (χ4v) is 0.314. The van der Waals surface area contributed by atoms with E-state index in [1.807, 2.05) is 5.32 Å². The Kier molecular flexibility index (Phi) is 3.16. The van der Waals surface area contributed by atoms with Gasteiger partial charge in [0.25, 0.3) is 0 Å². The van der Waals surface area contributed by atoms with E-state index >= 15 is 0 Å². The summed E-state index contributed by atoms with van der Waals surface area (Å²) in [4.78, 5) is 0. The Morgan fingerprint density at radius 1 is 1.60 bits per heavy atom. The molecule has 0 aliphatic rings. The van der Waals surface area contributed by atoms with Gasteiger partial charge < -0.3 is 0 Å². The summed E-state index contributed by atoms with van der Waals surface area (Å²) in [7, 11) is 0. The Bertz CT molecular complexity index is 135. The first-order chi connectivity index (χ1) is 4.45. The van der Waals surface area contributed by atoms with Gasteiger partial charge in [-0.25, -0.2) is 0 Å². The van der Waals surface area contributed by atoms with E-state index < -0.39 is 18.8 Å². The Morgan fingerprint density at radius 3 is 2.40 bits per heavy atom. The molecule has 5 heteroatoms. The minimum Gasteiger partial charge on any atom is -0.294 e. The van der Waals surface area contributed by atoms with Crippen molar-refractivity contribution in [2.45, 2.75) is 19.1 Å². The summed E-state index contributed by atoms with van der Waals surface area (Å²) in [6, 6.07) is 0.878. The summed E-state index contributed by atoms with van der Waals surface area (Å²) in [5.74, 6) is 0. The Hall–Kier alpha value is -0.760. The molecule has 0 aliphatic heterocycles. The third-order valence-electron chi connectivity index (χ3n) is 0.802. The molecule has 58 valence electrons. The molecule has 0 saturated carbocycles. The lowest BCUT2D eigenvalue weighted by atomic mass is 10.4. The molecule has 1 unspecified atom stereocenters. The minimum absolute atomic E-state index is 0.748. The zero-order valence-corrected chi connectivity index (χ0v) is 5.37. The summed E-state index contributed by atoms with van der Waals surface area (Å²) < 4.78 is 34.1. The van der Waals surface area contributed by atoms with Crippen LogP contribution in [0.15, 0.2) is 0 Å². The number of rotatable bonds is 2. The highest BCUT2D eigenvalue weighted by Crippen LogP contribution is 2.12. The van der Waals surface area contributed by atoms with Crippen LogP contribution in [0.3, 0.4) is 0 Å². The van der Waals surface area contributed by atoms with Gasteiger partial charge in [0.15, 0.2) is 0 Å². The van der Waals surface area contributed by atoms with Crippen molar-refractivity contribution in [3.63, 3.8) is 0 Å². The van der Waals surface area contributed by atoms with Gasteiger partial charge in [-0.15, -0.1) is 0 Å². The van der Waals surface area contributed by atoms with Crippen molar-refractivity contribution in [3.8, 4) is 6.07 Å². The molecule has 2 nitrogen and oxygen atoms in total. The molecule has 0 aromatic carbocycles. The highest BCUT2D eigenvalue weighted by molar-refractivity contribution is 4.85. The summed E-state index contributed by atoms with van der Waals surface area (Å²) in [6.45, 7) is 0.257. The zero-order valence-electron chi connectivity index (χ0n) is 5.37. The van der Waals surface area contributed by atoms with E-state index in [-0.39, 0.29) is 0 Å². The second-order valence-electron chi connectivity index (χ2n) is 1.85. The average molecular weight is 152 g/mol. The van der Waals surface area contributed by atoms with Crippen LogP contribution in [0, 0.1) is 11.3 Å². The number of nitrogens with one attached hydrogen (secondary N) is 1. The van der Waals surface area contributed by atoms with Gasteiger partial charge in [-0.1, -0.05) is 0 Å². The summed E-state index contributed by atoms with van der Waals surface area (Å²) >= 11 is 0. The minimum atomic E-state index is -4.23. The topological polar surface area (TPSA) is 35.8 Å². The maximum Gasteiger partial charge on any atom is 0.401 e. The van der Waals surface area contributed by atoms with Crippen LogP contribution in [0.25, 0.3) is 0 Å². The van der Waals surface area contributed by atoms with Gasteiger partial charge in [0, 0.05) is 0 Å². The Balaban J connectivity index is 3.48. The number of nitrogens with zero attached hydrogens (tertiary/aromatic N) is 1. The molecular weight excluding hydrogens is 145 g/mol. The SMILES string of the molecule is CC(C#N)NCC(F)(F)F. The maximum atomic E-state index is 11.4. The van der Waals surface area contributed by atoms with Gasteiger partial charge in [0.05, 0.1) is 18.7 Å². The monoisotopic (exact) mass is 152 g/mol. The first-order valence-electron chi connectivity index (χ1n) is 2.65. The molecule has 0 aliphatic carbocycles. The summed E-state index contributed by atoms with van der Waals surface area (Å²) in [5.41, 5.74) is 0. The predicted molar refractivity (Wildman–Crippen MR) is 29.1 cm³/mol. The average Bonchev–Trinajstić information content (AvgIpc) is 1.81. The van der Waals surface area contributed by atoms with E-state index in [0.717, 1.165) is 0 Å². The molecule has 0 radical (unpaired) electrons. The normalized spacial score (nSPS) is 14.3. The standard InChI is InChI=1S/C5H7F3N2/c1-4(2-9)10-3-5(6,7)8/h4,10H,3H2,1H3. The van der Waals surface area contributed by atoms with Gasteiger partial charge in [0.2, 0.25) is 0 Å². The van der Waals surface area contributed by atoms with Crippen molar-refractivity contribution in [2.75, 3.05) is 6.54 Å². The summed E-state index contributed by atoms with van der Waals surface area (Å²) in [5, 5.41) is 10.0. The molecule has 0 rings (SSSR count). The van der Waals surface area contributed by atoms with Gasteiger partial charge in [-0.05, 0) is 6.92 Å². The van der Waals surface area contributed by atoms with Crippen molar-refractivity contribution in [1.29, 1.82) is 5.26 Å². The zero-order chi connectivity index (χ0) is 8.20. The van der Waals surface area contributed by atoms with Gasteiger partial charge in [-0.3, -0.25) is 5.32 Å². The number of hydrogen-bond acceptors (Lipinski definition) is 2. The highest BCUT2D eigenvalue weighted by Gasteiger charge is 2.26. The van der Waals surface area contributed by atoms with Crippen LogP contribution < -0.4 is 5.32 Å². The molecule has 0 saturated heterocycles. The number of nitriles is 1. The molecule has 1 atom stereocenters. The second kappa shape index (κ2) is 3.42. The predicted octanol–water partition coefficient (Wildman–Crippen LogP) is 1.05. The lowest BCUT2D eigenvalue weighted by molar-refractivity contribution is -0.125. The number of alkyl halides is 3. The van der Waals surface area contributed by atoms with Crippen LogP contribution in [0.2, 0.25) is 0 Å². The number of hydrogen-bond donors (Lipinski definition) is 1. The van der Waals surface area contributed by atoms with E-state index in [1.165, 1.54) is 6.92 Å². The number of halogens is 3. The van der Waals surface area contributed by atoms with Gasteiger partial charge >= 0.3 is 6.18 Å². The molecule has 0 spiro atoms. The van der Waals surface area contributed by atoms with Crippen LogP contribution in [0.5, 0.6) is 0 Å². The summed E-state index contributed by atoms with van der Waals surface area (Å²) in [6.07, 6.45) is -4.23. The van der Waals surface area contributed by atoms with E-state index in [2.05, 4.69) is 0 Å². The molecule has 0 aromatic heterocycles. The molecule has 0 amide bonds. The lowest BCUT2D eigenvalue weighted by Crippen LogP contribution is -2.34. The second-order valence-corrected chi connectivity index (χ2v) is 1.85. The van der Waals surface area contributed by atoms with E-state index in [9.17, 15) is 13.2 Å². The molecule has 0 bridgehead atoms. The fourth-order valence-electron chi connectivity index (χ4n) is 0.314. The molecule has 0 heterocycles. The molecule has 10 heavy (non-hydrogen) atoms. The van der Waals surface area contributed by atoms with Crippen LogP contribution >= 0.6 is 0 Å². The van der Waals surface area contributed by atoms with Crippen molar-refractivity contribution < 1.29 is 13.2 Å². The van der Waals surface area contributed by atoms with E-state index in [0.29, 0.717) is 0 Å². The fraction of sp³-hybridized carbons (Fsp3) is 0.800. The van der Waals surface area contributed by atoms with E-state index in [1.54, 1.807) is 6.07 Å². The third kappa shape index (κ3) is 5.38. The van der Waals surface area contributed by atoms with Crippen molar-refractivity contribution in [3.05, 3.63) is 0 Å². The van der Waals surface area contributed by atoms with Gasteiger partial charge in [-0.2, -0.15) is 18.4 Å². The van der Waals surface area contributed by atoms with E-state index in [4.69, 9.17) is 5.26 Å². The van der Waals surface area contributed by atoms with Crippen molar-refractivity contribution >= 4 is 0 Å². The Labute approximate surface area is 56.6 Å². The van der Waals surface area contributed by atoms with Crippen LogP contribution in [0.4, 0.5) is 13.2 Å².